The van der Waals surface area contributed by atoms with Crippen molar-refractivity contribution in [3.05, 3.63) is 0 Å². The number of alkyl halides is 1. The molecule has 12 nitrogen and oxygen atoms in total. The Morgan fingerprint density at radius 1 is 1.07 bits per heavy atom. The molecule has 2 aliphatic rings. The molecule has 0 saturated carbocycles. The number of aliphatic hydroxyl groups is 1. The molecule has 13 atom stereocenters. The topological polar surface area (TPSA) is 159 Å². The molecule has 0 aromatic rings. The number of carbonyl (C=O) groups excluding carboxylic acids is 4. The molecular weight excluding hydrogens is 578 g/mol. The van der Waals surface area contributed by atoms with Crippen LogP contribution in [0.4, 0.5) is 4.39 Å². The van der Waals surface area contributed by atoms with E-state index in [-0.39, 0.29) is 39.2 Å². The molecule has 4 unspecified atom stereocenters. The first-order chi connectivity index (χ1) is 20.5. The van der Waals surface area contributed by atoms with Crippen LogP contribution in [0.2, 0.25) is 0 Å². The molecule has 2 radical (unpaired) electrons. The molecule has 14 heteroatoms. The lowest BCUT2D eigenvalue weighted by atomic mass is 9.79. The van der Waals surface area contributed by atoms with Crippen LogP contribution in [0.1, 0.15) is 89.3 Å². The van der Waals surface area contributed by atoms with Gasteiger partial charge in [0.15, 0.2) is 6.29 Å². The Kier molecular flexibility index (Phi) is 16.0. The molecule has 0 aliphatic carbocycles. The van der Waals surface area contributed by atoms with Crippen LogP contribution in [0.15, 0.2) is 0 Å². The van der Waals surface area contributed by atoms with Gasteiger partial charge in [-0.3, -0.25) is 19.2 Å². The predicted octanol–water partition coefficient (Wildman–Crippen LogP) is 2.07. The van der Waals surface area contributed by atoms with E-state index >= 15 is 0 Å². The summed E-state index contributed by atoms with van der Waals surface area (Å²) in [6, 6.07) is -2.72. The van der Waals surface area contributed by atoms with Crippen LogP contribution in [0.5, 0.6) is 0 Å². The third-order valence-electron chi connectivity index (χ3n) is 7.35. The minimum Gasteiger partial charge on any atom is -0.462 e. The monoisotopic (exact) mass is 631 g/mol. The number of hydrogen-bond acceptors (Lipinski definition) is 10. The van der Waals surface area contributed by atoms with Crippen LogP contribution in [-0.4, -0.2) is 104 Å². The zero-order chi connectivity index (χ0) is 33.3. The van der Waals surface area contributed by atoms with Gasteiger partial charge < -0.3 is 39.4 Å². The van der Waals surface area contributed by atoms with Crippen LogP contribution in [0, 0.1) is 11.8 Å². The maximum Gasteiger partial charge on any atom is 0.308 e. The predicted molar refractivity (Wildman–Crippen MR) is 160 cm³/mol. The van der Waals surface area contributed by atoms with Gasteiger partial charge in [0.2, 0.25) is 11.8 Å². The summed E-state index contributed by atoms with van der Waals surface area (Å²) < 4.78 is 51.0. The maximum absolute atomic E-state index is 13.3. The second kappa shape index (κ2) is 18.6. The molecule has 2 fully saturated rings. The molecule has 2 aliphatic heterocycles. The van der Waals surface area contributed by atoms with Crippen LogP contribution in [0.3, 0.4) is 0 Å². The number of rotatable bonds is 14. The fourth-order valence-electron chi connectivity index (χ4n) is 5.38. The van der Waals surface area contributed by atoms with Crippen LogP contribution in [0.25, 0.3) is 0 Å². The van der Waals surface area contributed by atoms with E-state index in [0.717, 1.165) is 0 Å². The Morgan fingerprint density at radius 2 is 1.68 bits per heavy atom. The number of carbonyl (C=O) groups is 4. The quantitative estimate of drug-likeness (QED) is 0.191. The van der Waals surface area contributed by atoms with Gasteiger partial charge in [-0.05, 0) is 39.5 Å². The number of nitrogens with one attached hydrogen (secondary N) is 2. The SMILES string of the molecule is C.[2H][C@@H]1C(CO[C@@H]2OC(CC)[C@@H](C)[C@H](OC(=O)C[C@@H](C)O)C2NC(=O)C[C@@H](C)OC(C)=O)O[C@H]([B])C(NC(=O)C[C@@H](C)F)[C@H]1C. The summed E-state index contributed by atoms with van der Waals surface area (Å²) in [7, 11) is 6.19. The summed E-state index contributed by atoms with van der Waals surface area (Å²) in [5.74, 6) is -3.12. The lowest BCUT2D eigenvalue weighted by Crippen LogP contribution is -2.63. The fourth-order valence-corrected chi connectivity index (χ4v) is 5.38. The minimum atomic E-state index is -1.34. The number of halogens is 1. The molecule has 2 rings (SSSR count). The largest absolute Gasteiger partial charge is 0.462 e. The van der Waals surface area contributed by atoms with E-state index in [9.17, 15) is 28.7 Å². The second-order valence-corrected chi connectivity index (χ2v) is 11.6. The van der Waals surface area contributed by atoms with E-state index in [2.05, 4.69) is 10.6 Å². The number of amides is 2. The zero-order valence-corrected chi connectivity index (χ0v) is 26.1. The van der Waals surface area contributed by atoms with Crippen LogP contribution in [-0.2, 0) is 42.9 Å². The maximum atomic E-state index is 13.3. The molecule has 252 valence electrons. The van der Waals surface area contributed by atoms with E-state index in [1.54, 1.807) is 13.8 Å². The summed E-state index contributed by atoms with van der Waals surface area (Å²) in [5.41, 5.74) is 0. The molecule has 2 saturated heterocycles. The molecule has 0 aromatic heterocycles. The van der Waals surface area contributed by atoms with E-state index < -0.39 is 97.1 Å². The summed E-state index contributed by atoms with van der Waals surface area (Å²) in [6.07, 6.45) is -7.48. The Bertz CT molecular complexity index is 979. The van der Waals surface area contributed by atoms with Crippen molar-refractivity contribution in [1.82, 2.24) is 10.6 Å². The first-order valence-corrected chi connectivity index (χ1v) is 14.9. The zero-order valence-electron chi connectivity index (χ0n) is 27.1. The standard InChI is InChI=1S/C29H48BFN2O10.CH4/c1-8-21-18(6)27(43-24(38)11-16(4)34)26(33-23(37)12-17(5)40-19(7)35)29(42-21)39-13-20-9-14(2)25(28(30)41-20)32-22(36)10-15(3)31;/h14-18,20-21,25-29,34H,8-13H2,1-7H3,(H,32,36)(H,33,37);1H4/t14-,15+,16+,17+,18+,20?,21?,25?,26?,27-,28-,29+;/m0./s1/i9D;/t9-,14-,15+,16+,17+,18+,20?,21?,25?,26?,27-,28-,29+;. The van der Waals surface area contributed by atoms with E-state index in [1.807, 2.05) is 13.8 Å². The lowest BCUT2D eigenvalue weighted by molar-refractivity contribution is -0.263. The van der Waals surface area contributed by atoms with Crippen molar-refractivity contribution < 1.29 is 53.7 Å². The molecule has 0 aromatic carbocycles. The third-order valence-corrected chi connectivity index (χ3v) is 7.35. The number of hydrogen-bond donors (Lipinski definition) is 3. The highest BCUT2D eigenvalue weighted by Crippen LogP contribution is 2.32. The van der Waals surface area contributed by atoms with Gasteiger partial charge in [-0.2, -0.15) is 0 Å². The first kappa shape index (κ1) is 37.9. The summed E-state index contributed by atoms with van der Waals surface area (Å²) in [6.45, 7) is 10.8. The van der Waals surface area contributed by atoms with Gasteiger partial charge >= 0.3 is 11.9 Å². The molecule has 2 heterocycles. The first-order valence-electron chi connectivity index (χ1n) is 15.5. The van der Waals surface area contributed by atoms with Crippen molar-refractivity contribution in [3.8, 4) is 0 Å². The number of esters is 2. The van der Waals surface area contributed by atoms with Crippen molar-refractivity contribution in [3.63, 3.8) is 0 Å². The normalized spacial score (nSPS) is 34.2. The average Bonchev–Trinajstić information content (AvgIpc) is 2.89. The summed E-state index contributed by atoms with van der Waals surface area (Å²) in [5, 5.41) is 15.2. The Balaban J connectivity index is 0.0000101. The lowest BCUT2D eigenvalue weighted by Gasteiger charge is -2.46. The summed E-state index contributed by atoms with van der Waals surface area (Å²) in [4.78, 5) is 49.2. The molecule has 44 heavy (non-hydrogen) atoms. The van der Waals surface area contributed by atoms with Gasteiger partial charge in [0.05, 0.1) is 44.2 Å². The van der Waals surface area contributed by atoms with E-state index in [0.29, 0.717) is 6.42 Å². The molecule has 0 spiro atoms. The van der Waals surface area contributed by atoms with Crippen molar-refractivity contribution in [2.45, 2.75) is 149 Å². The Labute approximate surface area is 263 Å². The van der Waals surface area contributed by atoms with Gasteiger partial charge in [-0.25, -0.2) is 4.39 Å². The van der Waals surface area contributed by atoms with E-state index in [1.165, 1.54) is 20.8 Å². The van der Waals surface area contributed by atoms with Gasteiger partial charge in [-0.1, -0.05) is 28.2 Å². The number of ether oxygens (including phenoxy) is 5. The third kappa shape index (κ3) is 12.6. The van der Waals surface area contributed by atoms with Gasteiger partial charge in [-0.15, -0.1) is 0 Å². The highest BCUT2D eigenvalue weighted by molar-refractivity contribution is 6.11. The smallest absolute Gasteiger partial charge is 0.308 e. The van der Waals surface area contributed by atoms with Crippen LogP contribution < -0.4 is 10.6 Å². The Hall–Kier alpha value is -2.29. The fraction of sp³-hybridized carbons (Fsp3) is 0.867. The summed E-state index contributed by atoms with van der Waals surface area (Å²) >= 11 is 0. The van der Waals surface area contributed by atoms with Crippen LogP contribution >= 0.6 is 0 Å². The molecule has 0 bridgehead atoms. The highest BCUT2D eigenvalue weighted by Gasteiger charge is 2.47. The van der Waals surface area contributed by atoms with Gasteiger partial charge in [0.1, 0.15) is 32.3 Å². The van der Waals surface area contributed by atoms with Crippen molar-refractivity contribution >= 4 is 31.6 Å². The molecular formula is C30H52BFN2O10. The average molecular weight is 632 g/mol. The second-order valence-electron chi connectivity index (χ2n) is 11.6. The van der Waals surface area contributed by atoms with Crippen molar-refractivity contribution in [2.24, 2.45) is 11.8 Å². The molecule has 2 amide bonds. The van der Waals surface area contributed by atoms with Crippen molar-refractivity contribution in [2.75, 3.05) is 6.61 Å². The number of aliphatic hydroxyl groups excluding tert-OH is 1. The molecule has 3 N–H and O–H groups in total. The highest BCUT2D eigenvalue weighted by atomic mass is 19.1. The van der Waals surface area contributed by atoms with Gasteiger partial charge in [0.25, 0.3) is 0 Å². The van der Waals surface area contributed by atoms with Crippen molar-refractivity contribution in [1.29, 1.82) is 0 Å². The van der Waals surface area contributed by atoms with Gasteiger partial charge in [0, 0.05) is 26.3 Å². The Morgan fingerprint density at radius 3 is 2.25 bits per heavy atom. The minimum absolute atomic E-state index is 0. The van der Waals surface area contributed by atoms with E-state index in [4.69, 9.17) is 32.9 Å².